The van der Waals surface area contributed by atoms with E-state index in [0.29, 0.717) is 22.4 Å². The van der Waals surface area contributed by atoms with Crippen LogP contribution < -0.4 is 5.32 Å². The van der Waals surface area contributed by atoms with E-state index < -0.39 is 12.1 Å². The van der Waals surface area contributed by atoms with Gasteiger partial charge in [0.1, 0.15) is 13.2 Å². The molecule has 0 aromatic heterocycles. The molecule has 1 aliphatic heterocycles. The monoisotopic (exact) mass is 496 g/mol. The van der Waals surface area contributed by atoms with Crippen molar-refractivity contribution in [2.75, 3.05) is 20.2 Å². The van der Waals surface area contributed by atoms with E-state index in [2.05, 4.69) is 16.5 Å². The number of aliphatic hydroxyl groups is 1. The second kappa shape index (κ2) is 11.5. The molecule has 8 nitrogen and oxygen atoms in total. The molecule has 1 heterocycles. The van der Waals surface area contributed by atoms with Gasteiger partial charge in [-0.15, -0.1) is 0 Å². The second-order valence-corrected chi connectivity index (χ2v) is 8.83. The third kappa shape index (κ3) is 5.68. The number of oxime groups is 1. The lowest BCUT2D eigenvalue weighted by molar-refractivity contribution is -0.125. The molecule has 0 spiro atoms. The van der Waals surface area contributed by atoms with Crippen LogP contribution in [0.2, 0.25) is 0 Å². The van der Waals surface area contributed by atoms with Crippen LogP contribution in [0.25, 0.3) is 11.1 Å². The summed E-state index contributed by atoms with van der Waals surface area (Å²) < 4.78 is 0. The Bertz CT molecular complexity index is 1350. The molecule has 0 saturated carbocycles. The van der Waals surface area contributed by atoms with Crippen molar-refractivity contribution in [2.45, 2.75) is 25.5 Å². The molecule has 1 aliphatic rings. The molecule has 1 fully saturated rings. The zero-order valence-electron chi connectivity index (χ0n) is 20.7. The number of rotatable bonds is 7. The molecule has 188 valence electrons. The normalized spacial score (nSPS) is 16.8. The average molecular weight is 497 g/mol. The van der Waals surface area contributed by atoms with Crippen LogP contribution >= 0.6 is 0 Å². The third-order valence-corrected chi connectivity index (χ3v) is 6.49. The Labute approximate surface area is 215 Å². The van der Waals surface area contributed by atoms with E-state index >= 15 is 0 Å². The first kappa shape index (κ1) is 25.6. The second-order valence-electron chi connectivity index (χ2n) is 8.83. The molecule has 2 amide bonds. The maximum absolute atomic E-state index is 13.4. The van der Waals surface area contributed by atoms with Gasteiger partial charge in [-0.2, -0.15) is 5.26 Å². The van der Waals surface area contributed by atoms with Gasteiger partial charge in [-0.3, -0.25) is 9.59 Å². The minimum atomic E-state index is -0.863. The van der Waals surface area contributed by atoms with E-state index in [0.717, 1.165) is 16.7 Å². The summed E-state index contributed by atoms with van der Waals surface area (Å²) in [6.45, 7) is 2.08. The van der Waals surface area contributed by atoms with Gasteiger partial charge in [0.05, 0.1) is 30.0 Å². The molecule has 4 rings (SSSR count). The fraction of sp³-hybridized carbons (Fsp3) is 0.241. The lowest BCUT2D eigenvalue weighted by atomic mass is 9.96. The molecule has 0 radical (unpaired) electrons. The number of hydrogen-bond donors (Lipinski definition) is 2. The van der Waals surface area contributed by atoms with Gasteiger partial charge in [0, 0.05) is 18.5 Å². The van der Waals surface area contributed by atoms with Crippen LogP contribution in [0.4, 0.5) is 0 Å². The Morgan fingerprint density at radius 2 is 1.86 bits per heavy atom. The number of aliphatic hydroxyl groups excluding tert-OH is 1. The molecule has 3 aromatic rings. The summed E-state index contributed by atoms with van der Waals surface area (Å²) in [5.41, 5.74) is 4.99. The Kier molecular flexibility index (Phi) is 7.96. The van der Waals surface area contributed by atoms with Gasteiger partial charge in [0.25, 0.3) is 5.91 Å². The highest BCUT2D eigenvalue weighted by Crippen LogP contribution is 2.27. The molecular weight excluding hydrogens is 468 g/mol. The molecule has 0 aliphatic carbocycles. The van der Waals surface area contributed by atoms with Crippen LogP contribution in [0.5, 0.6) is 0 Å². The minimum absolute atomic E-state index is 0.0218. The minimum Gasteiger partial charge on any atom is -0.399 e. The molecule has 2 atom stereocenters. The standard InChI is InChI=1S/C29H28N4O4/c1-19-23(16-30)9-6-10-25(19)20-11-13-22(14-12-20)29(36)33-18-24(32-37-2)15-26(33)28(35)31-17-27(34)21-7-4-3-5-8-21/h3-14,26-27,34H,15,17-18H2,1-2H3,(H,31,35)/b32-24+/t26-,27?/m0/s1. The van der Waals surface area contributed by atoms with Crippen molar-refractivity contribution in [1.82, 2.24) is 10.2 Å². The zero-order chi connectivity index (χ0) is 26.4. The highest BCUT2D eigenvalue weighted by molar-refractivity contribution is 6.05. The topological polar surface area (TPSA) is 115 Å². The van der Waals surface area contributed by atoms with Gasteiger partial charge in [-0.25, -0.2) is 0 Å². The van der Waals surface area contributed by atoms with Crippen LogP contribution in [-0.4, -0.2) is 53.8 Å². The van der Waals surface area contributed by atoms with Crippen LogP contribution in [0.15, 0.2) is 78.0 Å². The number of nitrogens with one attached hydrogen (secondary N) is 1. The van der Waals surface area contributed by atoms with Crippen molar-refractivity contribution in [3.05, 3.63) is 95.1 Å². The summed E-state index contributed by atoms with van der Waals surface area (Å²) in [4.78, 5) is 32.9. The molecule has 8 heteroatoms. The van der Waals surface area contributed by atoms with E-state index in [1.165, 1.54) is 12.0 Å². The van der Waals surface area contributed by atoms with Crippen molar-refractivity contribution >= 4 is 17.5 Å². The number of hydrogen-bond acceptors (Lipinski definition) is 6. The zero-order valence-corrected chi connectivity index (χ0v) is 20.7. The Morgan fingerprint density at radius 3 is 2.54 bits per heavy atom. The smallest absolute Gasteiger partial charge is 0.254 e. The Morgan fingerprint density at radius 1 is 1.14 bits per heavy atom. The van der Waals surface area contributed by atoms with E-state index in [9.17, 15) is 20.0 Å². The van der Waals surface area contributed by atoms with Crippen molar-refractivity contribution < 1.29 is 19.5 Å². The first-order valence-corrected chi connectivity index (χ1v) is 11.9. The summed E-state index contributed by atoms with van der Waals surface area (Å²) in [7, 11) is 1.42. The number of benzene rings is 3. The van der Waals surface area contributed by atoms with Gasteiger partial charge < -0.3 is 20.2 Å². The van der Waals surface area contributed by atoms with E-state index in [-0.39, 0.29) is 31.3 Å². The number of carbonyl (C=O) groups excluding carboxylic acids is 2. The van der Waals surface area contributed by atoms with Gasteiger partial charge in [-0.05, 0) is 47.4 Å². The number of nitriles is 1. The van der Waals surface area contributed by atoms with Gasteiger partial charge >= 0.3 is 0 Å². The predicted molar refractivity (Wildman–Crippen MR) is 140 cm³/mol. The predicted octanol–water partition coefficient (Wildman–Crippen LogP) is 3.60. The lowest BCUT2D eigenvalue weighted by Crippen LogP contribution is -2.46. The van der Waals surface area contributed by atoms with Gasteiger partial charge in [-0.1, -0.05) is 59.8 Å². The maximum atomic E-state index is 13.4. The van der Waals surface area contributed by atoms with E-state index in [1.807, 2.05) is 49.4 Å². The third-order valence-electron chi connectivity index (χ3n) is 6.49. The molecule has 1 saturated heterocycles. The van der Waals surface area contributed by atoms with Gasteiger partial charge in [0.2, 0.25) is 5.91 Å². The summed E-state index contributed by atoms with van der Waals surface area (Å²) in [6, 6.07) is 23.1. The van der Waals surface area contributed by atoms with E-state index in [1.54, 1.807) is 30.3 Å². The molecule has 0 bridgehead atoms. The Hall–Kier alpha value is -4.48. The van der Waals surface area contributed by atoms with Crippen LogP contribution in [0.1, 0.15) is 39.6 Å². The summed E-state index contributed by atoms with van der Waals surface area (Å²) >= 11 is 0. The fourth-order valence-corrected chi connectivity index (χ4v) is 4.48. The summed E-state index contributed by atoms with van der Waals surface area (Å²) in [6.07, 6.45) is -0.621. The number of likely N-dealkylation sites (tertiary alicyclic amines) is 1. The van der Waals surface area contributed by atoms with Crippen molar-refractivity contribution in [2.24, 2.45) is 5.16 Å². The Balaban J connectivity index is 1.50. The molecule has 2 N–H and O–H groups in total. The van der Waals surface area contributed by atoms with Crippen LogP contribution in [-0.2, 0) is 9.63 Å². The van der Waals surface area contributed by atoms with Crippen molar-refractivity contribution in [1.29, 1.82) is 5.26 Å². The highest BCUT2D eigenvalue weighted by Gasteiger charge is 2.38. The number of amides is 2. The maximum Gasteiger partial charge on any atom is 0.254 e. The molecule has 37 heavy (non-hydrogen) atoms. The van der Waals surface area contributed by atoms with Crippen LogP contribution in [0.3, 0.4) is 0 Å². The molecule has 3 aromatic carbocycles. The first-order valence-electron chi connectivity index (χ1n) is 11.9. The molecular formula is C29H28N4O4. The SMILES string of the molecule is CO/N=C1\C[C@@H](C(=O)NCC(O)c2ccccc2)N(C(=O)c2ccc(-c3cccc(C#N)c3C)cc2)C1. The quantitative estimate of drug-likeness (QED) is 0.485. The first-order chi connectivity index (χ1) is 17.9. The fourth-order valence-electron chi connectivity index (χ4n) is 4.48. The highest BCUT2D eigenvalue weighted by atomic mass is 16.6. The van der Waals surface area contributed by atoms with Crippen LogP contribution in [0, 0.1) is 18.3 Å². The molecule has 1 unspecified atom stereocenters. The van der Waals surface area contributed by atoms with E-state index in [4.69, 9.17) is 4.84 Å². The largest absolute Gasteiger partial charge is 0.399 e. The summed E-state index contributed by atoms with van der Waals surface area (Å²) in [5.74, 6) is -0.677. The van der Waals surface area contributed by atoms with Crippen molar-refractivity contribution in [3.63, 3.8) is 0 Å². The average Bonchev–Trinajstić information content (AvgIpc) is 3.36. The summed E-state index contributed by atoms with van der Waals surface area (Å²) in [5, 5.41) is 26.5. The van der Waals surface area contributed by atoms with Gasteiger partial charge in [0.15, 0.2) is 0 Å². The number of carbonyl (C=O) groups is 2. The number of nitrogens with zero attached hydrogens (tertiary/aromatic N) is 3. The lowest BCUT2D eigenvalue weighted by Gasteiger charge is -2.24. The van der Waals surface area contributed by atoms with Crippen molar-refractivity contribution in [3.8, 4) is 17.2 Å².